The number of esters is 1. The Labute approximate surface area is 274 Å². The van der Waals surface area contributed by atoms with Crippen LogP contribution < -0.4 is 4.74 Å². The van der Waals surface area contributed by atoms with Gasteiger partial charge in [-0.25, -0.2) is 4.79 Å². The smallest absolute Gasteiger partial charge is 0.457 e. The zero-order valence-electron chi connectivity index (χ0n) is 28.2. The van der Waals surface area contributed by atoms with Gasteiger partial charge in [0.1, 0.15) is 17.0 Å². The van der Waals surface area contributed by atoms with Crippen LogP contribution in [0.15, 0.2) is 95.1 Å². The third kappa shape index (κ3) is 9.14. The molecule has 1 unspecified atom stereocenters. The molecule has 244 valence electrons. The van der Waals surface area contributed by atoms with E-state index in [2.05, 4.69) is 5.18 Å². The molecule has 0 aliphatic carbocycles. The van der Waals surface area contributed by atoms with E-state index in [0.29, 0.717) is 30.6 Å². The van der Waals surface area contributed by atoms with Gasteiger partial charge in [-0.2, -0.15) is 0 Å². The van der Waals surface area contributed by atoms with E-state index in [-0.39, 0.29) is 25.8 Å². The minimum atomic E-state index is -1.27. The maximum absolute atomic E-state index is 14.4. The van der Waals surface area contributed by atoms with Gasteiger partial charge < -0.3 is 18.8 Å². The highest BCUT2D eigenvalue weighted by Crippen LogP contribution is 2.39. The third-order valence-electron chi connectivity index (χ3n) is 8.49. The molecular weight excluding hydrogens is 579 g/mol. The molecule has 0 N–H and O–H groups in total. The first kappa shape index (κ1) is 35.0. The molecule has 0 radical (unpaired) electrons. The summed E-state index contributed by atoms with van der Waals surface area (Å²) in [6.45, 7) is 13.9. The summed E-state index contributed by atoms with van der Waals surface area (Å²) in [4.78, 5) is 30.8. The predicted octanol–water partition coefficient (Wildman–Crippen LogP) is 8.73. The normalized spacial score (nSPS) is 16.7. The molecule has 8 nitrogen and oxygen atoms in total. The highest BCUT2D eigenvalue weighted by atomic mass is 16.7. The number of benzene rings is 3. The Hall–Kier alpha value is -3.82. The van der Waals surface area contributed by atoms with Gasteiger partial charge in [-0.3, -0.25) is 4.99 Å². The molecule has 1 saturated heterocycles. The Kier molecular flexibility index (Phi) is 11.2. The summed E-state index contributed by atoms with van der Waals surface area (Å²) in [6, 6.07) is 26.4. The van der Waals surface area contributed by atoms with Crippen molar-refractivity contribution in [2.75, 3.05) is 6.61 Å². The van der Waals surface area contributed by atoms with Crippen LogP contribution in [0.1, 0.15) is 85.3 Å². The lowest BCUT2D eigenvalue weighted by Crippen LogP contribution is -2.44. The number of hydrogen-bond acceptors (Lipinski definition) is 8. The van der Waals surface area contributed by atoms with Crippen LogP contribution in [0.3, 0.4) is 0 Å². The standard InChI is InChI=1S/C37H47BN2O6/c1-34(2,3)44-33(41)37(24-26-43-31-22-16-21-30(27-31)40-42,23-14-15-25-38-45-35(4,5)36(6,7)46-38)39-32(28-17-10-8-11-18-28)29-19-12-9-13-20-29/h8-13,16-22,27H,14-15,23-26H2,1-7H3. The summed E-state index contributed by atoms with van der Waals surface area (Å²) in [6.07, 6.45) is 2.79. The number of rotatable bonds is 14. The number of carbonyl (C=O) groups is 1. The molecule has 1 aliphatic heterocycles. The van der Waals surface area contributed by atoms with Crippen LogP contribution in [0.4, 0.5) is 5.69 Å². The summed E-state index contributed by atoms with van der Waals surface area (Å²) in [5.41, 5.74) is -0.0608. The van der Waals surface area contributed by atoms with Crippen molar-refractivity contribution >= 4 is 24.5 Å². The van der Waals surface area contributed by atoms with Crippen molar-refractivity contribution in [1.82, 2.24) is 0 Å². The molecule has 46 heavy (non-hydrogen) atoms. The van der Waals surface area contributed by atoms with Crippen LogP contribution in [0, 0.1) is 4.91 Å². The lowest BCUT2D eigenvalue weighted by Gasteiger charge is -2.33. The van der Waals surface area contributed by atoms with E-state index in [4.69, 9.17) is 23.8 Å². The molecule has 1 fully saturated rings. The molecule has 1 atom stereocenters. The zero-order valence-corrected chi connectivity index (χ0v) is 28.2. The molecule has 0 spiro atoms. The van der Waals surface area contributed by atoms with Gasteiger partial charge in [0.2, 0.25) is 0 Å². The topological polar surface area (TPSA) is 95.8 Å². The Balaban J connectivity index is 1.70. The first-order valence-corrected chi connectivity index (χ1v) is 16.1. The van der Waals surface area contributed by atoms with E-state index in [0.717, 1.165) is 17.5 Å². The number of aliphatic imine (C=N–C) groups is 1. The number of unbranched alkanes of at least 4 members (excludes halogenated alkanes) is 1. The fraction of sp³-hybridized carbons (Fsp3) is 0.459. The molecule has 1 heterocycles. The lowest BCUT2D eigenvalue weighted by atomic mass is 9.80. The largest absolute Gasteiger partial charge is 0.493 e. The highest BCUT2D eigenvalue weighted by molar-refractivity contribution is 6.45. The zero-order chi connectivity index (χ0) is 33.4. The lowest BCUT2D eigenvalue weighted by molar-refractivity contribution is -0.162. The van der Waals surface area contributed by atoms with E-state index in [9.17, 15) is 9.70 Å². The minimum absolute atomic E-state index is 0.166. The fourth-order valence-electron chi connectivity index (χ4n) is 5.34. The van der Waals surface area contributed by atoms with Gasteiger partial charge >= 0.3 is 13.1 Å². The van der Waals surface area contributed by atoms with Gasteiger partial charge in [0.25, 0.3) is 0 Å². The summed E-state index contributed by atoms with van der Waals surface area (Å²) in [7, 11) is -0.323. The summed E-state index contributed by atoms with van der Waals surface area (Å²) < 4.78 is 24.7. The van der Waals surface area contributed by atoms with E-state index in [1.807, 2.05) is 109 Å². The maximum atomic E-state index is 14.4. The highest BCUT2D eigenvalue weighted by Gasteiger charge is 2.50. The quantitative estimate of drug-likeness (QED) is 0.0584. The van der Waals surface area contributed by atoms with E-state index in [1.165, 1.54) is 0 Å². The molecule has 0 saturated carbocycles. The van der Waals surface area contributed by atoms with Crippen LogP contribution in [-0.4, -0.2) is 47.7 Å². The molecule has 4 rings (SSSR count). The van der Waals surface area contributed by atoms with Gasteiger partial charge in [-0.15, -0.1) is 4.91 Å². The predicted molar refractivity (Wildman–Crippen MR) is 184 cm³/mol. The van der Waals surface area contributed by atoms with Crippen molar-refractivity contribution in [2.24, 2.45) is 10.2 Å². The average molecular weight is 627 g/mol. The number of nitrogens with zero attached hydrogens (tertiary/aromatic N) is 2. The van der Waals surface area contributed by atoms with Crippen molar-refractivity contribution in [3.63, 3.8) is 0 Å². The van der Waals surface area contributed by atoms with E-state index < -0.39 is 28.3 Å². The van der Waals surface area contributed by atoms with Crippen molar-refractivity contribution < 1.29 is 23.6 Å². The number of nitroso groups, excluding NO2 is 1. The molecule has 3 aromatic rings. The summed E-state index contributed by atoms with van der Waals surface area (Å²) in [5, 5.41) is 3.02. The third-order valence-corrected chi connectivity index (χ3v) is 8.49. The molecule has 9 heteroatoms. The van der Waals surface area contributed by atoms with Gasteiger partial charge in [0.05, 0.1) is 23.5 Å². The second-order valence-corrected chi connectivity index (χ2v) is 13.8. The summed E-state index contributed by atoms with van der Waals surface area (Å²) in [5.74, 6) is 0.0816. The van der Waals surface area contributed by atoms with Crippen LogP contribution in [-0.2, 0) is 18.8 Å². The molecule has 0 amide bonds. The summed E-state index contributed by atoms with van der Waals surface area (Å²) >= 11 is 0. The molecule has 3 aromatic carbocycles. The number of hydrogen-bond donors (Lipinski definition) is 0. The molecule has 0 bridgehead atoms. The molecular formula is C37H47BN2O6. The maximum Gasteiger partial charge on any atom is 0.457 e. The second kappa shape index (κ2) is 14.7. The first-order valence-electron chi connectivity index (χ1n) is 16.1. The van der Waals surface area contributed by atoms with Crippen molar-refractivity contribution in [2.45, 2.75) is 103 Å². The van der Waals surface area contributed by atoms with Gasteiger partial charge in [0, 0.05) is 23.6 Å². The van der Waals surface area contributed by atoms with Crippen molar-refractivity contribution in [1.29, 1.82) is 0 Å². The van der Waals surface area contributed by atoms with E-state index >= 15 is 0 Å². The SMILES string of the molecule is CC(C)(C)OC(=O)C(CCCCB1OC(C)(C)C(C)(C)O1)(CCOc1cccc(N=O)c1)N=C(c1ccccc1)c1ccccc1. The van der Waals surface area contributed by atoms with Gasteiger partial charge in [-0.05, 0) is 78.5 Å². The minimum Gasteiger partial charge on any atom is -0.493 e. The van der Waals surface area contributed by atoms with Crippen LogP contribution >= 0.6 is 0 Å². The van der Waals surface area contributed by atoms with Crippen LogP contribution in [0.2, 0.25) is 6.32 Å². The van der Waals surface area contributed by atoms with Gasteiger partial charge in [0.15, 0.2) is 5.54 Å². The van der Waals surface area contributed by atoms with E-state index in [1.54, 1.807) is 24.3 Å². The van der Waals surface area contributed by atoms with Crippen LogP contribution in [0.5, 0.6) is 5.75 Å². The number of ether oxygens (including phenoxy) is 2. The Morgan fingerprint density at radius 3 is 1.93 bits per heavy atom. The van der Waals surface area contributed by atoms with Crippen LogP contribution in [0.25, 0.3) is 0 Å². The Morgan fingerprint density at radius 2 is 1.39 bits per heavy atom. The average Bonchev–Trinajstić information content (AvgIpc) is 3.22. The Morgan fingerprint density at radius 1 is 0.804 bits per heavy atom. The number of carbonyl (C=O) groups excluding carboxylic acids is 1. The molecule has 1 aliphatic rings. The molecule has 0 aromatic heterocycles. The second-order valence-electron chi connectivity index (χ2n) is 13.8. The van der Waals surface area contributed by atoms with Gasteiger partial charge in [-0.1, -0.05) is 79.6 Å². The first-order chi connectivity index (χ1) is 21.7. The van der Waals surface area contributed by atoms with Crippen molar-refractivity contribution in [3.05, 3.63) is 101 Å². The van der Waals surface area contributed by atoms with Crippen molar-refractivity contribution in [3.8, 4) is 5.75 Å². The Bertz CT molecular complexity index is 1430. The monoisotopic (exact) mass is 626 g/mol. The fourth-order valence-corrected chi connectivity index (χ4v) is 5.34.